The molecule has 0 saturated carbocycles. The van der Waals surface area contributed by atoms with E-state index in [0.29, 0.717) is 39.6 Å². The average molecular weight is 1690 g/mol. The fourth-order valence-corrected chi connectivity index (χ4v) is 11.3. The molecule has 9 N–H and O–H groups in total. The van der Waals surface area contributed by atoms with Gasteiger partial charge in [-0.15, -0.1) is 0 Å². The van der Waals surface area contributed by atoms with Crippen molar-refractivity contribution in [2.24, 2.45) is 0 Å². The van der Waals surface area contributed by atoms with Crippen molar-refractivity contribution in [3.63, 3.8) is 0 Å². The Hall–Kier alpha value is -9.24. The van der Waals surface area contributed by atoms with Gasteiger partial charge in [0.25, 0.3) is 8.53 Å². The second-order valence-electron chi connectivity index (χ2n) is 22.8. The molecule has 0 aliphatic rings. The molecule has 38 nitrogen and oxygen atoms in total. The van der Waals surface area contributed by atoms with Crippen LogP contribution in [0.1, 0.15) is 141 Å². The van der Waals surface area contributed by atoms with Crippen LogP contribution in [0.25, 0.3) is 43.9 Å². The fraction of sp³-hybridized carbons (Fsp3) is 0.571. The number of hydrogen-bond acceptors (Lipinski definition) is 34. The molecule has 7 rings (SSSR count). The number of fused-ring (bicyclic) bond motifs is 6. The van der Waals surface area contributed by atoms with Gasteiger partial charge in [0.15, 0.2) is 29.9 Å². The normalized spacial score (nSPS) is 12.4. The van der Waals surface area contributed by atoms with E-state index in [4.69, 9.17) is 83.4 Å². The summed E-state index contributed by atoms with van der Waals surface area (Å²) < 4.78 is 136. The third-order valence-electron chi connectivity index (χ3n) is 13.7. The van der Waals surface area contributed by atoms with Gasteiger partial charge in [0.1, 0.15) is 73.5 Å². The summed E-state index contributed by atoms with van der Waals surface area (Å²) in [6.45, 7) is 17.7. The number of aryl methyl sites for hydroxylation is 3. The molecule has 0 amide bonds. The van der Waals surface area contributed by atoms with E-state index in [1.165, 1.54) is 34.6 Å². The molecule has 0 saturated heterocycles. The molecule has 5 aromatic heterocycles. The molecule has 0 aliphatic heterocycles. The number of halogens is 3. The number of carbonyl (C=O) groups excluding carboxylic acids is 6. The third kappa shape index (κ3) is 38.3. The number of nitrogen functional groups attached to an aromatic ring is 2. The predicted molar refractivity (Wildman–Crippen MR) is 414 cm³/mol. The molecular formula is C70H109F3N12O26P2S. The average Bonchev–Trinajstić information content (AvgIpc) is 1.59. The lowest BCUT2D eigenvalue weighted by Gasteiger charge is -2.20. The van der Waals surface area contributed by atoms with Crippen molar-refractivity contribution in [1.82, 2.24) is 43.9 Å². The van der Waals surface area contributed by atoms with Crippen molar-refractivity contribution in [3.05, 3.63) is 66.8 Å². The van der Waals surface area contributed by atoms with Crippen molar-refractivity contribution >= 4 is 118 Å². The fourth-order valence-electron chi connectivity index (χ4n) is 9.23. The zero-order valence-electron chi connectivity index (χ0n) is 64.4. The summed E-state index contributed by atoms with van der Waals surface area (Å²) in [5, 5.41) is 40.2. The number of benzene rings is 2. The number of rotatable bonds is 40. The van der Waals surface area contributed by atoms with Crippen LogP contribution in [-0.2, 0) is 116 Å². The first-order chi connectivity index (χ1) is 53.1. The quantitative estimate of drug-likeness (QED) is 0.00621. The lowest BCUT2D eigenvalue weighted by atomic mass is 10.1. The van der Waals surface area contributed by atoms with E-state index in [-0.39, 0.29) is 99.8 Å². The number of imidazole rings is 3. The Labute approximate surface area is 661 Å². The molecule has 0 radical (unpaired) electrons. The van der Waals surface area contributed by atoms with Gasteiger partial charge in [0.05, 0.1) is 87.0 Å². The van der Waals surface area contributed by atoms with Gasteiger partial charge >= 0.3 is 59.3 Å². The molecule has 114 heavy (non-hydrogen) atoms. The Bertz CT molecular complexity index is 4270. The zero-order valence-corrected chi connectivity index (χ0v) is 67.0. The van der Waals surface area contributed by atoms with E-state index in [1.54, 1.807) is 19.2 Å². The number of phosphoric ester groups is 1. The first-order valence-electron chi connectivity index (χ1n) is 35.0. The van der Waals surface area contributed by atoms with Gasteiger partial charge in [-0.2, -0.15) is 31.6 Å². The largest absolute Gasteiger partial charge is 0.536 e. The number of esters is 6. The molecule has 0 aliphatic carbocycles. The number of ether oxygens (including phenoxy) is 8. The lowest BCUT2D eigenvalue weighted by Crippen LogP contribution is -2.32. The molecule has 2 aromatic carbocycles. The van der Waals surface area contributed by atoms with Gasteiger partial charge in [-0.25, -0.2) is 29.5 Å². The number of alkyl halides is 3. The summed E-state index contributed by atoms with van der Waals surface area (Å²) in [5.74, 6) is 0.505. The molecular weight excluding hydrogens is 1580 g/mol. The van der Waals surface area contributed by atoms with Gasteiger partial charge in [-0.1, -0.05) is 62.3 Å². The molecule has 2 unspecified atom stereocenters. The van der Waals surface area contributed by atoms with Crippen LogP contribution in [-0.4, -0.2) is 213 Å². The van der Waals surface area contributed by atoms with Crippen LogP contribution < -0.4 is 30.3 Å². The number of aliphatic hydroxyl groups excluding tert-OH is 3. The minimum absolute atomic E-state index is 0. The van der Waals surface area contributed by atoms with E-state index >= 15 is 0 Å². The maximum Gasteiger partial charge on any atom is 0.536 e. The minimum atomic E-state index is -5.60. The number of unbranched alkanes of at least 4 members (excludes halogenated alkanes) is 2. The smallest absolute Gasteiger partial charge is 0.491 e. The zero-order chi connectivity index (χ0) is 84.2. The second kappa shape index (κ2) is 55.3. The number of nitriles is 1. The van der Waals surface area contributed by atoms with Crippen LogP contribution in [0.2, 0.25) is 0 Å². The summed E-state index contributed by atoms with van der Waals surface area (Å²) in [4.78, 5) is 96.2. The van der Waals surface area contributed by atoms with Gasteiger partial charge in [-0.3, -0.25) is 47.2 Å². The second-order valence-corrected chi connectivity index (χ2v) is 27.2. The lowest BCUT2D eigenvalue weighted by molar-refractivity contribution is -0.158. The van der Waals surface area contributed by atoms with Crippen molar-refractivity contribution in [2.75, 3.05) is 97.8 Å². The molecule has 5 heterocycles. The van der Waals surface area contributed by atoms with Crippen LogP contribution in [0.4, 0.5) is 24.8 Å². The number of aliphatic hydroxyl groups is 3. The summed E-state index contributed by atoms with van der Waals surface area (Å²) in [7, 11) is -9.86. The number of aromatic nitrogens is 8. The summed E-state index contributed by atoms with van der Waals surface area (Å²) >= 11 is 0. The van der Waals surface area contributed by atoms with Crippen LogP contribution in [0, 0.1) is 11.3 Å². The number of carbonyl (C=O) groups is 6. The standard InChI is InChI=1S/C25H35N4O10P.C19H26N4O2.C11H19N2O6P.C7H12O5.C4H3F3N2O3S.C2H6.2CH4/c1-4-5-6-22-28-23-24(29(22)9-10-30)20-8-7-18(13-21(20)27-25(23)26)35-11-12-37-40(33,34)38-15-19(39-17(3)32)14-36-16(2)31;1-3-5-6-16-22-17-18(23(16)9-4-2)14-8-7-13(25-11-10-24)12-15(14)21-19(17)20;1-9(14)16-7-11(19-10(2)15)8-18-20(13-3)17-6-4-5-12;1-5(9)11-4-7(3-8)12-6(2)10;5-4(6,7)13(10,11)12-9-2-1-8-3-9;1-2;;/h7-8,13,19,30H,4-6,9-12,14-15H2,1-3H3,(H2,26,27)(H,33,34);7-8,12,24H,3-6,9-11H2,1-2H3,(H2,20,21);11,13H,4,6-8H2,1-3H3;7-8H,3-4H2,1-2H3;1-3H;1-2H3;2*1H4/t19-;;11-,20?;7-;;;;/m1.10..../s1. The van der Waals surface area contributed by atoms with E-state index in [2.05, 4.69) is 59.1 Å². The monoisotopic (exact) mass is 1680 g/mol. The summed E-state index contributed by atoms with van der Waals surface area (Å²) in [5.41, 5.74) is 11.6. The number of nitrogens with zero attached hydrogens (tertiary/aromatic N) is 9. The molecule has 44 heteroatoms. The number of nitrogens with two attached hydrogens (primary N) is 2. The number of pyridine rings is 2. The highest BCUT2D eigenvalue weighted by Crippen LogP contribution is 2.43. The minimum Gasteiger partial charge on any atom is -0.491 e. The molecule has 0 fully saturated rings. The molecule has 5 atom stereocenters. The van der Waals surface area contributed by atoms with E-state index in [0.717, 1.165) is 122 Å². The Morgan fingerprint density at radius 3 is 1.50 bits per heavy atom. The molecule has 0 spiro atoms. The highest BCUT2D eigenvalue weighted by atomic mass is 32.2. The maximum absolute atomic E-state index is 12.2. The summed E-state index contributed by atoms with van der Waals surface area (Å²) in [6.07, 6.45) is 7.42. The highest BCUT2D eigenvalue weighted by Gasteiger charge is 2.49. The molecule has 0 bridgehead atoms. The van der Waals surface area contributed by atoms with Gasteiger partial charge in [-0.05, 0) is 50.6 Å². The van der Waals surface area contributed by atoms with Crippen molar-refractivity contribution in [3.8, 4) is 17.6 Å². The molecule has 7 aromatic rings. The van der Waals surface area contributed by atoms with Gasteiger partial charge in [0.2, 0.25) is 0 Å². The highest BCUT2D eigenvalue weighted by molar-refractivity contribution is 7.87. The first-order valence-corrected chi connectivity index (χ1v) is 39.1. The number of phosphoric acid groups is 1. The topological polar surface area (TPSA) is 522 Å². The first kappa shape index (κ1) is 105. The SMILES string of the molecule is C.C.CC.CC(=O)OC[C@H](CO)OC(C)=O.CCCCc1nc2c(N)nc3cc(OCCO)ccc3c2n1CCC.CCCCc1nc2c(N)nc3cc(OCCOP(=O)(O)OC[C@@H](COC(C)=O)OC(C)=O)ccc3c2n1CCO.CNP(OCCC#N)OC[C@@H](COC(C)=O)OC(C)=O.O=S(=O)(On1ccnc1)C(F)(F)F. The van der Waals surface area contributed by atoms with Crippen LogP contribution in [0.15, 0.2) is 55.1 Å². The number of anilines is 2. The Kier molecular flexibility index (Phi) is 50.8. The van der Waals surface area contributed by atoms with Crippen LogP contribution in [0.5, 0.6) is 11.5 Å². The summed E-state index contributed by atoms with van der Waals surface area (Å²) in [6, 6.07) is 12.9. The maximum atomic E-state index is 12.2. The van der Waals surface area contributed by atoms with Crippen molar-refractivity contribution < 1.29 is 135 Å². The Morgan fingerprint density at radius 2 is 1.10 bits per heavy atom. The Balaban J connectivity index is 0.00000149. The van der Waals surface area contributed by atoms with Gasteiger partial charge < -0.3 is 87.8 Å². The van der Waals surface area contributed by atoms with Crippen LogP contribution in [0.3, 0.4) is 0 Å². The van der Waals surface area contributed by atoms with E-state index in [1.807, 2.05) is 48.7 Å². The van der Waals surface area contributed by atoms with Crippen molar-refractivity contribution in [2.45, 2.75) is 179 Å². The van der Waals surface area contributed by atoms with E-state index < -0.39 is 92.7 Å². The predicted octanol–water partition coefficient (Wildman–Crippen LogP) is 8.61. The Morgan fingerprint density at radius 1 is 0.632 bits per heavy atom. The third-order valence-corrected chi connectivity index (χ3v) is 16.8. The molecule has 642 valence electrons. The van der Waals surface area contributed by atoms with Gasteiger partial charge in [0, 0.05) is 96.6 Å². The number of nitrogens with one attached hydrogen (secondary N) is 1. The van der Waals surface area contributed by atoms with Crippen LogP contribution >= 0.6 is 16.3 Å². The number of hydrogen-bond donors (Lipinski definition) is 7. The van der Waals surface area contributed by atoms with E-state index in [9.17, 15) is 64.9 Å². The van der Waals surface area contributed by atoms with Crippen molar-refractivity contribution in [1.29, 1.82) is 5.26 Å².